The molecule has 4 nitrogen and oxygen atoms in total. The summed E-state index contributed by atoms with van der Waals surface area (Å²) in [5.41, 5.74) is 0.727. The van der Waals surface area contributed by atoms with Crippen LogP contribution in [0.25, 0.3) is 0 Å². The van der Waals surface area contributed by atoms with Gasteiger partial charge in [0.15, 0.2) is 11.6 Å². The minimum absolute atomic E-state index is 0.0266. The maximum atomic E-state index is 13.6. The van der Waals surface area contributed by atoms with Crippen molar-refractivity contribution in [3.63, 3.8) is 0 Å². The molecule has 1 aromatic rings. The molecule has 0 saturated carbocycles. The SMILES string of the molecule is COc1ccc(C(C)NC(=O)[C@@H]2CCCN2)cc1F. The predicted octanol–water partition coefficient (Wildman–Crippen LogP) is 1.76. The largest absolute Gasteiger partial charge is 0.494 e. The van der Waals surface area contributed by atoms with Crippen LogP contribution in [0.4, 0.5) is 4.39 Å². The Morgan fingerprint density at radius 2 is 2.37 bits per heavy atom. The Hall–Kier alpha value is -1.62. The van der Waals surface area contributed by atoms with Crippen molar-refractivity contribution >= 4 is 5.91 Å². The van der Waals surface area contributed by atoms with E-state index in [1.807, 2.05) is 6.92 Å². The van der Waals surface area contributed by atoms with Gasteiger partial charge in [-0.25, -0.2) is 4.39 Å². The molecule has 0 radical (unpaired) electrons. The third-order valence-electron chi connectivity index (χ3n) is 3.41. The van der Waals surface area contributed by atoms with Gasteiger partial charge in [0.2, 0.25) is 5.91 Å². The second-order valence-corrected chi connectivity index (χ2v) is 4.77. The smallest absolute Gasteiger partial charge is 0.237 e. The lowest BCUT2D eigenvalue weighted by molar-refractivity contribution is -0.123. The summed E-state index contributed by atoms with van der Waals surface area (Å²) in [7, 11) is 1.43. The third-order valence-corrected chi connectivity index (χ3v) is 3.41. The number of hydrogen-bond acceptors (Lipinski definition) is 3. The molecule has 1 heterocycles. The Morgan fingerprint density at radius 3 is 2.95 bits per heavy atom. The number of benzene rings is 1. The van der Waals surface area contributed by atoms with Gasteiger partial charge in [-0.2, -0.15) is 0 Å². The van der Waals surface area contributed by atoms with Crippen molar-refractivity contribution in [2.24, 2.45) is 0 Å². The monoisotopic (exact) mass is 266 g/mol. The van der Waals surface area contributed by atoms with E-state index in [0.717, 1.165) is 24.9 Å². The maximum Gasteiger partial charge on any atom is 0.237 e. The van der Waals surface area contributed by atoms with Gasteiger partial charge in [-0.05, 0) is 44.0 Å². The number of rotatable bonds is 4. The molecule has 1 saturated heterocycles. The van der Waals surface area contributed by atoms with Gasteiger partial charge in [0.05, 0.1) is 19.2 Å². The molecule has 2 N–H and O–H groups in total. The van der Waals surface area contributed by atoms with Crippen LogP contribution in [-0.2, 0) is 4.79 Å². The van der Waals surface area contributed by atoms with Gasteiger partial charge in [0, 0.05) is 0 Å². The van der Waals surface area contributed by atoms with Crippen LogP contribution in [0.2, 0.25) is 0 Å². The minimum Gasteiger partial charge on any atom is -0.494 e. The molecule has 5 heteroatoms. The van der Waals surface area contributed by atoms with Gasteiger partial charge >= 0.3 is 0 Å². The van der Waals surface area contributed by atoms with Gasteiger partial charge in [-0.15, -0.1) is 0 Å². The summed E-state index contributed by atoms with van der Waals surface area (Å²) >= 11 is 0. The van der Waals surface area contributed by atoms with E-state index in [4.69, 9.17) is 4.74 Å². The Labute approximate surface area is 112 Å². The van der Waals surface area contributed by atoms with E-state index in [1.54, 1.807) is 12.1 Å². The van der Waals surface area contributed by atoms with Gasteiger partial charge in [0.25, 0.3) is 0 Å². The van der Waals surface area contributed by atoms with Crippen molar-refractivity contribution in [3.05, 3.63) is 29.6 Å². The molecule has 1 fully saturated rings. The molecule has 19 heavy (non-hydrogen) atoms. The van der Waals surface area contributed by atoms with Gasteiger partial charge in [0.1, 0.15) is 0 Å². The highest BCUT2D eigenvalue weighted by Gasteiger charge is 2.23. The predicted molar refractivity (Wildman–Crippen MR) is 70.5 cm³/mol. The van der Waals surface area contributed by atoms with E-state index < -0.39 is 5.82 Å². The van der Waals surface area contributed by atoms with Gasteiger partial charge in [-0.3, -0.25) is 4.79 Å². The summed E-state index contributed by atoms with van der Waals surface area (Å²) < 4.78 is 18.5. The topological polar surface area (TPSA) is 50.4 Å². The molecule has 2 rings (SSSR count). The quantitative estimate of drug-likeness (QED) is 0.873. The van der Waals surface area contributed by atoms with Crippen molar-refractivity contribution in [2.45, 2.75) is 31.8 Å². The number of nitrogens with one attached hydrogen (secondary N) is 2. The number of carbonyl (C=O) groups is 1. The van der Waals surface area contributed by atoms with Crippen molar-refractivity contribution in [2.75, 3.05) is 13.7 Å². The van der Waals surface area contributed by atoms with Crippen molar-refractivity contribution < 1.29 is 13.9 Å². The summed E-state index contributed by atoms with van der Waals surface area (Å²) in [6, 6.07) is 4.38. The first kappa shape index (κ1) is 13.8. The number of halogens is 1. The standard InChI is InChI=1S/C14H19FN2O2/c1-9(17-14(18)12-4-3-7-16-12)10-5-6-13(19-2)11(15)8-10/h5-6,8-9,12,16H,3-4,7H2,1-2H3,(H,17,18)/t9?,12-/m0/s1. The number of ether oxygens (including phenoxy) is 1. The molecule has 1 aromatic carbocycles. The average Bonchev–Trinajstić information content (AvgIpc) is 2.92. The highest BCUT2D eigenvalue weighted by molar-refractivity contribution is 5.82. The number of amides is 1. The minimum atomic E-state index is -0.417. The fourth-order valence-corrected chi connectivity index (χ4v) is 2.26. The lowest BCUT2D eigenvalue weighted by Gasteiger charge is -2.18. The molecule has 0 aliphatic carbocycles. The van der Waals surface area contributed by atoms with E-state index in [9.17, 15) is 9.18 Å². The molecule has 0 bridgehead atoms. The van der Waals surface area contributed by atoms with Crippen LogP contribution in [0.1, 0.15) is 31.4 Å². The zero-order valence-electron chi connectivity index (χ0n) is 11.2. The van der Waals surface area contributed by atoms with Gasteiger partial charge in [-0.1, -0.05) is 6.07 Å². The van der Waals surface area contributed by atoms with Gasteiger partial charge < -0.3 is 15.4 Å². The van der Waals surface area contributed by atoms with Crippen LogP contribution >= 0.6 is 0 Å². The van der Waals surface area contributed by atoms with Crippen LogP contribution in [0, 0.1) is 5.82 Å². The average molecular weight is 266 g/mol. The van der Waals surface area contributed by atoms with E-state index in [0.29, 0.717) is 0 Å². The molecule has 1 aliphatic heterocycles. The van der Waals surface area contributed by atoms with E-state index >= 15 is 0 Å². The lowest BCUT2D eigenvalue weighted by Crippen LogP contribution is -2.41. The Balaban J connectivity index is 2.00. The molecular weight excluding hydrogens is 247 g/mol. The summed E-state index contributed by atoms with van der Waals surface area (Å²) in [6.07, 6.45) is 1.87. The Bertz CT molecular complexity index is 459. The summed E-state index contributed by atoms with van der Waals surface area (Å²) in [4.78, 5) is 11.9. The van der Waals surface area contributed by atoms with Crippen LogP contribution in [0.15, 0.2) is 18.2 Å². The normalized spacial score (nSPS) is 20.1. The molecule has 0 aromatic heterocycles. The summed E-state index contributed by atoms with van der Waals surface area (Å²) in [5, 5.41) is 6.03. The van der Waals surface area contributed by atoms with Crippen LogP contribution in [0.5, 0.6) is 5.75 Å². The van der Waals surface area contributed by atoms with Crippen molar-refractivity contribution in [3.8, 4) is 5.75 Å². The number of carbonyl (C=O) groups excluding carboxylic acids is 1. The molecule has 104 valence electrons. The molecule has 1 amide bonds. The van der Waals surface area contributed by atoms with Crippen LogP contribution in [-0.4, -0.2) is 25.6 Å². The van der Waals surface area contributed by atoms with Crippen LogP contribution < -0.4 is 15.4 Å². The fraction of sp³-hybridized carbons (Fsp3) is 0.500. The zero-order chi connectivity index (χ0) is 13.8. The lowest BCUT2D eigenvalue weighted by atomic mass is 10.1. The maximum absolute atomic E-state index is 13.6. The summed E-state index contributed by atoms with van der Waals surface area (Å²) in [5.74, 6) is -0.235. The first-order valence-corrected chi connectivity index (χ1v) is 6.49. The fourth-order valence-electron chi connectivity index (χ4n) is 2.26. The highest BCUT2D eigenvalue weighted by Crippen LogP contribution is 2.22. The third kappa shape index (κ3) is 3.23. The van der Waals surface area contributed by atoms with Crippen molar-refractivity contribution in [1.29, 1.82) is 0 Å². The van der Waals surface area contributed by atoms with E-state index in [1.165, 1.54) is 13.2 Å². The molecule has 0 spiro atoms. The van der Waals surface area contributed by atoms with Crippen LogP contribution in [0.3, 0.4) is 0 Å². The molecule has 2 atom stereocenters. The first-order valence-electron chi connectivity index (χ1n) is 6.49. The number of methoxy groups -OCH3 is 1. The second-order valence-electron chi connectivity index (χ2n) is 4.77. The van der Waals surface area contributed by atoms with E-state index in [-0.39, 0.29) is 23.7 Å². The molecule has 1 unspecified atom stereocenters. The Kier molecular flexibility index (Phi) is 4.37. The molecule has 1 aliphatic rings. The first-order chi connectivity index (χ1) is 9.11. The number of hydrogen-bond donors (Lipinski definition) is 2. The molecular formula is C14H19FN2O2. The van der Waals surface area contributed by atoms with E-state index in [2.05, 4.69) is 10.6 Å². The summed E-state index contributed by atoms with van der Waals surface area (Å²) in [6.45, 7) is 2.72. The zero-order valence-corrected chi connectivity index (χ0v) is 11.2. The Morgan fingerprint density at radius 1 is 1.58 bits per heavy atom. The second kappa shape index (κ2) is 6.02. The highest BCUT2D eigenvalue weighted by atomic mass is 19.1. The van der Waals surface area contributed by atoms with Crippen molar-refractivity contribution in [1.82, 2.24) is 10.6 Å².